The van der Waals surface area contributed by atoms with Crippen molar-refractivity contribution >= 4 is 39.4 Å². The fraction of sp³-hybridized carbons (Fsp3) is 0.385. The van der Waals surface area contributed by atoms with Gasteiger partial charge in [0.2, 0.25) is 0 Å². The molecule has 3 nitrogen and oxygen atoms in total. The van der Waals surface area contributed by atoms with Crippen LogP contribution in [0.2, 0.25) is 0 Å². The van der Waals surface area contributed by atoms with E-state index in [1.54, 1.807) is 0 Å². The Balaban J connectivity index is 2.21. The van der Waals surface area contributed by atoms with E-state index in [1.165, 1.54) is 18.9 Å². The standard InChI is InChI=1S/C13H15BrO3S/c1-17-13(16)9-18-8-2-3-12(15)10-4-6-11(14)7-5-10/h4-7H,2-3,8-9H2,1H3. The lowest BCUT2D eigenvalue weighted by molar-refractivity contribution is -0.137. The topological polar surface area (TPSA) is 43.4 Å². The minimum absolute atomic E-state index is 0.140. The normalized spacial score (nSPS) is 10.1. The summed E-state index contributed by atoms with van der Waals surface area (Å²) in [4.78, 5) is 22.6. The van der Waals surface area contributed by atoms with Crippen LogP contribution in [0, 0.1) is 0 Å². The summed E-state index contributed by atoms with van der Waals surface area (Å²) in [6.45, 7) is 0. The largest absolute Gasteiger partial charge is 0.468 e. The van der Waals surface area contributed by atoms with Gasteiger partial charge in [-0.25, -0.2) is 0 Å². The summed E-state index contributed by atoms with van der Waals surface area (Å²) < 4.78 is 5.49. The van der Waals surface area contributed by atoms with E-state index in [0.717, 1.165) is 22.2 Å². The highest BCUT2D eigenvalue weighted by molar-refractivity contribution is 9.10. The minimum Gasteiger partial charge on any atom is -0.468 e. The second-order valence-electron chi connectivity index (χ2n) is 3.66. The fourth-order valence-corrected chi connectivity index (χ4v) is 2.37. The lowest BCUT2D eigenvalue weighted by atomic mass is 10.1. The van der Waals surface area contributed by atoms with Gasteiger partial charge < -0.3 is 4.74 Å². The van der Waals surface area contributed by atoms with Crippen LogP contribution in [0.4, 0.5) is 0 Å². The molecule has 0 aliphatic heterocycles. The highest BCUT2D eigenvalue weighted by atomic mass is 79.9. The summed E-state index contributed by atoms with van der Waals surface area (Å²) in [5, 5.41) is 0. The Morgan fingerprint density at radius 3 is 2.56 bits per heavy atom. The van der Waals surface area contributed by atoms with E-state index < -0.39 is 0 Å². The van der Waals surface area contributed by atoms with Crippen molar-refractivity contribution in [1.82, 2.24) is 0 Å². The molecule has 0 radical (unpaired) electrons. The number of halogens is 1. The molecule has 0 saturated carbocycles. The lowest BCUT2D eigenvalue weighted by Gasteiger charge is -2.02. The lowest BCUT2D eigenvalue weighted by Crippen LogP contribution is -2.04. The fourth-order valence-electron chi connectivity index (χ4n) is 1.33. The first-order chi connectivity index (χ1) is 8.63. The number of carbonyl (C=O) groups excluding carboxylic acids is 2. The van der Waals surface area contributed by atoms with Crippen molar-refractivity contribution < 1.29 is 14.3 Å². The molecule has 0 bridgehead atoms. The average Bonchev–Trinajstić information content (AvgIpc) is 2.38. The van der Waals surface area contributed by atoms with Gasteiger partial charge in [0.15, 0.2) is 5.78 Å². The molecule has 18 heavy (non-hydrogen) atoms. The van der Waals surface area contributed by atoms with Crippen LogP contribution in [0.5, 0.6) is 0 Å². The maximum Gasteiger partial charge on any atom is 0.315 e. The second kappa shape index (κ2) is 8.32. The Labute approximate surface area is 119 Å². The predicted molar refractivity (Wildman–Crippen MR) is 77.0 cm³/mol. The Morgan fingerprint density at radius 2 is 1.94 bits per heavy atom. The molecule has 0 aliphatic carbocycles. The van der Waals surface area contributed by atoms with Crippen molar-refractivity contribution in [1.29, 1.82) is 0 Å². The Morgan fingerprint density at radius 1 is 1.28 bits per heavy atom. The number of ketones is 1. The van der Waals surface area contributed by atoms with Crippen molar-refractivity contribution in [3.8, 4) is 0 Å². The maximum absolute atomic E-state index is 11.8. The number of thioether (sulfide) groups is 1. The van der Waals surface area contributed by atoms with Gasteiger partial charge in [-0.05, 0) is 24.3 Å². The molecule has 0 spiro atoms. The van der Waals surface area contributed by atoms with Crippen LogP contribution < -0.4 is 0 Å². The second-order valence-corrected chi connectivity index (χ2v) is 5.68. The van der Waals surface area contributed by atoms with Crippen molar-refractivity contribution in [2.45, 2.75) is 12.8 Å². The molecule has 0 aliphatic rings. The first kappa shape index (κ1) is 15.2. The van der Waals surface area contributed by atoms with Crippen LogP contribution in [0.1, 0.15) is 23.2 Å². The van der Waals surface area contributed by atoms with E-state index in [2.05, 4.69) is 20.7 Å². The zero-order chi connectivity index (χ0) is 13.4. The maximum atomic E-state index is 11.8. The Hall–Kier alpha value is -0.810. The number of hydrogen-bond acceptors (Lipinski definition) is 4. The van der Waals surface area contributed by atoms with Crippen LogP contribution in [0.25, 0.3) is 0 Å². The molecule has 0 fully saturated rings. The molecule has 0 unspecified atom stereocenters. The highest BCUT2D eigenvalue weighted by Gasteiger charge is 2.06. The van der Waals surface area contributed by atoms with Gasteiger partial charge in [0.1, 0.15) is 0 Å². The Kier molecular flexibility index (Phi) is 7.05. The monoisotopic (exact) mass is 330 g/mol. The third-order valence-electron chi connectivity index (χ3n) is 2.31. The SMILES string of the molecule is COC(=O)CSCCCC(=O)c1ccc(Br)cc1. The van der Waals surface area contributed by atoms with Gasteiger partial charge in [-0.15, -0.1) is 0 Å². The third-order valence-corrected chi connectivity index (χ3v) is 3.85. The summed E-state index contributed by atoms with van der Waals surface area (Å²) in [6, 6.07) is 7.35. The number of hydrogen-bond donors (Lipinski definition) is 0. The molecule has 1 aromatic carbocycles. The van der Waals surface area contributed by atoms with E-state index in [4.69, 9.17) is 0 Å². The van der Waals surface area contributed by atoms with Crippen LogP contribution in [-0.2, 0) is 9.53 Å². The first-order valence-corrected chi connectivity index (χ1v) is 7.51. The smallest absolute Gasteiger partial charge is 0.315 e. The van der Waals surface area contributed by atoms with Crippen molar-refractivity contribution in [2.24, 2.45) is 0 Å². The molecule has 5 heteroatoms. The summed E-state index contributed by atoms with van der Waals surface area (Å²) >= 11 is 4.82. The third kappa shape index (κ3) is 5.69. The molecule has 0 atom stereocenters. The van der Waals surface area contributed by atoms with E-state index in [-0.39, 0.29) is 11.8 Å². The van der Waals surface area contributed by atoms with Crippen LogP contribution >= 0.6 is 27.7 Å². The highest BCUT2D eigenvalue weighted by Crippen LogP contribution is 2.13. The number of Topliss-reactive ketones (excluding diaryl/α,β-unsaturated/α-hetero) is 1. The molecule has 98 valence electrons. The summed E-state index contributed by atoms with van der Waals surface area (Å²) in [7, 11) is 1.37. The van der Waals surface area contributed by atoms with Crippen LogP contribution in [-0.4, -0.2) is 30.4 Å². The van der Waals surface area contributed by atoms with Crippen LogP contribution in [0.3, 0.4) is 0 Å². The number of ether oxygens (including phenoxy) is 1. The average molecular weight is 331 g/mol. The van der Waals surface area contributed by atoms with Crippen molar-refractivity contribution in [3.05, 3.63) is 34.3 Å². The van der Waals surface area contributed by atoms with Gasteiger partial charge in [0.05, 0.1) is 12.9 Å². The Bertz CT molecular complexity index is 403. The number of carbonyl (C=O) groups is 2. The number of methoxy groups -OCH3 is 1. The summed E-state index contributed by atoms with van der Waals surface area (Å²) in [5.41, 5.74) is 0.733. The summed E-state index contributed by atoms with van der Waals surface area (Å²) in [6.07, 6.45) is 1.28. The van der Waals surface area contributed by atoms with Gasteiger partial charge >= 0.3 is 5.97 Å². The van der Waals surface area contributed by atoms with E-state index in [0.29, 0.717) is 12.2 Å². The first-order valence-electron chi connectivity index (χ1n) is 5.57. The quantitative estimate of drug-likeness (QED) is 0.437. The van der Waals surface area contributed by atoms with Gasteiger partial charge in [0, 0.05) is 16.5 Å². The number of rotatable bonds is 7. The molecule has 0 N–H and O–H groups in total. The van der Waals surface area contributed by atoms with E-state index >= 15 is 0 Å². The van der Waals surface area contributed by atoms with Gasteiger partial charge in [-0.3, -0.25) is 9.59 Å². The van der Waals surface area contributed by atoms with Gasteiger partial charge in [-0.1, -0.05) is 28.1 Å². The zero-order valence-corrected chi connectivity index (χ0v) is 12.6. The molecular weight excluding hydrogens is 316 g/mol. The van der Waals surface area contributed by atoms with E-state index in [9.17, 15) is 9.59 Å². The van der Waals surface area contributed by atoms with E-state index in [1.807, 2.05) is 24.3 Å². The van der Waals surface area contributed by atoms with Gasteiger partial charge in [-0.2, -0.15) is 11.8 Å². The molecule has 0 amide bonds. The van der Waals surface area contributed by atoms with Gasteiger partial charge in [0.25, 0.3) is 0 Å². The number of esters is 1. The minimum atomic E-state index is -0.223. The molecule has 0 heterocycles. The number of benzene rings is 1. The zero-order valence-electron chi connectivity index (χ0n) is 10.1. The molecule has 0 aromatic heterocycles. The molecular formula is C13H15BrO3S. The van der Waals surface area contributed by atoms with Crippen LogP contribution in [0.15, 0.2) is 28.7 Å². The molecule has 1 rings (SSSR count). The summed E-state index contributed by atoms with van der Waals surface area (Å²) in [5.74, 6) is 1.06. The van der Waals surface area contributed by atoms with Crippen molar-refractivity contribution in [2.75, 3.05) is 18.6 Å². The van der Waals surface area contributed by atoms with Crippen molar-refractivity contribution in [3.63, 3.8) is 0 Å². The predicted octanol–water partition coefficient (Wildman–Crippen LogP) is 3.32. The molecule has 0 saturated heterocycles. The molecule has 1 aromatic rings.